The number of likely N-dealkylation sites (tertiary alicyclic amines) is 1. The van der Waals surface area contributed by atoms with E-state index in [4.69, 9.17) is 9.47 Å². The third-order valence-electron chi connectivity index (χ3n) is 10.3. The summed E-state index contributed by atoms with van der Waals surface area (Å²) >= 11 is 0. The number of aliphatic hydroxyl groups excluding tert-OH is 1. The summed E-state index contributed by atoms with van der Waals surface area (Å²) in [6.45, 7) is 14.4. The Morgan fingerprint density at radius 3 is 2.37 bits per heavy atom. The third-order valence-corrected chi connectivity index (χ3v) is 10.3. The minimum absolute atomic E-state index is 0.108. The monoisotopic (exact) mass is 629 g/mol. The number of carbonyl (C=O) groups is 3. The van der Waals surface area contributed by atoms with Gasteiger partial charge in [-0.1, -0.05) is 56.3 Å². The molecule has 3 heterocycles. The number of methoxy groups -OCH3 is 1. The molecule has 0 saturated carbocycles. The second-order valence-corrected chi connectivity index (χ2v) is 13.0. The molecule has 3 amide bonds. The molecule has 1 spiro atoms. The highest BCUT2D eigenvalue weighted by Gasteiger charge is 2.80. The van der Waals surface area contributed by atoms with Crippen LogP contribution in [0, 0.1) is 17.8 Å². The summed E-state index contributed by atoms with van der Waals surface area (Å²) in [5, 5.41) is 10.8. The Kier molecular flexibility index (Phi) is 9.75. The number of benzene rings is 2. The van der Waals surface area contributed by atoms with Gasteiger partial charge in [-0.15, -0.1) is 13.2 Å². The number of fused-ring (bicyclic) bond motifs is 1. The van der Waals surface area contributed by atoms with Gasteiger partial charge in [0.1, 0.15) is 17.4 Å². The molecule has 0 radical (unpaired) electrons. The van der Waals surface area contributed by atoms with Crippen LogP contribution in [0.15, 0.2) is 79.9 Å². The van der Waals surface area contributed by atoms with Gasteiger partial charge >= 0.3 is 0 Å². The van der Waals surface area contributed by atoms with Crippen LogP contribution in [0.1, 0.15) is 39.2 Å². The zero-order valence-electron chi connectivity index (χ0n) is 27.4. The van der Waals surface area contributed by atoms with Gasteiger partial charge in [-0.05, 0) is 61.9 Å². The predicted molar refractivity (Wildman–Crippen MR) is 177 cm³/mol. The standard InChI is InChI=1S/C37H47N3O6/c1-7-19-38(20-8-2)33(42)30-31-34(43)40(28(24-41)22-26-13-11-10-12-14-26)32(37(31)23-25(4)36(30,5)46-37)35(44)39(21-9-3)27-15-17-29(45-6)18-16-27/h7,9-18,25,28,30-32,41H,1,3,8,19-24H2,2,4-6H3/t25?,28-,30+,31+,32?,36-,37?/m1/s1. The van der Waals surface area contributed by atoms with Crippen molar-refractivity contribution in [3.05, 3.63) is 85.5 Å². The van der Waals surface area contributed by atoms with E-state index in [2.05, 4.69) is 13.2 Å². The number of ether oxygens (including phenoxy) is 2. The Morgan fingerprint density at radius 1 is 1.11 bits per heavy atom. The third kappa shape index (κ3) is 5.43. The summed E-state index contributed by atoms with van der Waals surface area (Å²) in [5.74, 6) is -1.97. The second kappa shape index (κ2) is 13.4. The fourth-order valence-electron chi connectivity index (χ4n) is 8.14. The molecule has 0 aliphatic carbocycles. The van der Waals surface area contributed by atoms with Crippen LogP contribution in [0.5, 0.6) is 5.75 Å². The Labute approximate surface area is 272 Å². The molecular weight excluding hydrogens is 582 g/mol. The van der Waals surface area contributed by atoms with Crippen molar-refractivity contribution in [3.8, 4) is 5.75 Å². The lowest BCUT2D eigenvalue weighted by Gasteiger charge is -2.39. The summed E-state index contributed by atoms with van der Waals surface area (Å²) < 4.78 is 12.3. The molecule has 246 valence electrons. The minimum Gasteiger partial charge on any atom is -0.497 e. The highest BCUT2D eigenvalue weighted by molar-refractivity contribution is 6.05. The first kappa shape index (κ1) is 33.4. The molecule has 1 N–H and O–H groups in total. The van der Waals surface area contributed by atoms with E-state index in [0.29, 0.717) is 37.4 Å². The highest BCUT2D eigenvalue weighted by atomic mass is 16.5. The number of hydrogen-bond donors (Lipinski definition) is 1. The van der Waals surface area contributed by atoms with Crippen LogP contribution in [0.3, 0.4) is 0 Å². The van der Waals surface area contributed by atoms with Gasteiger partial charge in [0.25, 0.3) is 5.91 Å². The van der Waals surface area contributed by atoms with Crippen molar-refractivity contribution in [2.75, 3.05) is 38.3 Å². The number of anilines is 1. The molecule has 7 atom stereocenters. The number of carbonyl (C=O) groups excluding carboxylic acids is 3. The largest absolute Gasteiger partial charge is 0.497 e. The van der Waals surface area contributed by atoms with E-state index >= 15 is 4.79 Å². The first-order valence-electron chi connectivity index (χ1n) is 16.2. The maximum Gasteiger partial charge on any atom is 0.253 e. The molecule has 3 fully saturated rings. The molecule has 5 rings (SSSR count). The van der Waals surface area contributed by atoms with Gasteiger partial charge in [0.05, 0.1) is 37.2 Å². The molecular formula is C37H47N3O6. The number of hydrogen-bond acceptors (Lipinski definition) is 6. The SMILES string of the molecule is C=CCN(CCC)C(=O)[C@@H]1[C@H]2C(=O)N([C@@H](CO)Cc3ccccc3)C(C(=O)N(CC=C)c3ccc(OC)cc3)C23CC(C)[C@@]1(C)O3. The molecule has 2 bridgehead atoms. The molecule has 3 saturated heterocycles. The first-order chi connectivity index (χ1) is 22.1. The summed E-state index contributed by atoms with van der Waals surface area (Å²) in [6, 6.07) is 15.0. The predicted octanol–water partition coefficient (Wildman–Crippen LogP) is 4.25. The number of rotatable bonds is 14. The van der Waals surface area contributed by atoms with Crippen LogP contribution in [-0.2, 0) is 25.5 Å². The molecule has 2 aromatic rings. The van der Waals surface area contributed by atoms with Crippen molar-refractivity contribution >= 4 is 23.4 Å². The van der Waals surface area contributed by atoms with E-state index < -0.39 is 35.1 Å². The van der Waals surface area contributed by atoms with Gasteiger partial charge in [0.15, 0.2) is 0 Å². The maximum absolute atomic E-state index is 15.1. The zero-order chi connectivity index (χ0) is 33.2. The van der Waals surface area contributed by atoms with E-state index in [1.807, 2.05) is 51.1 Å². The lowest BCUT2D eigenvalue weighted by atomic mass is 9.62. The molecule has 9 nitrogen and oxygen atoms in total. The van der Waals surface area contributed by atoms with Crippen LogP contribution in [0.25, 0.3) is 0 Å². The molecule has 46 heavy (non-hydrogen) atoms. The maximum atomic E-state index is 15.1. The van der Waals surface area contributed by atoms with Crippen LogP contribution in [-0.4, -0.2) is 89.3 Å². The number of amides is 3. The summed E-state index contributed by atoms with van der Waals surface area (Å²) in [4.78, 5) is 49.3. The molecule has 0 aromatic heterocycles. The molecule has 2 aromatic carbocycles. The Hall–Kier alpha value is -3.95. The fraction of sp³-hybridized carbons (Fsp3) is 0.486. The van der Waals surface area contributed by atoms with Crippen molar-refractivity contribution in [1.82, 2.24) is 9.80 Å². The summed E-state index contributed by atoms with van der Waals surface area (Å²) in [5.41, 5.74) is -0.676. The topological polar surface area (TPSA) is 99.6 Å². The van der Waals surface area contributed by atoms with Gasteiger partial charge in [-0.3, -0.25) is 14.4 Å². The molecule has 3 aliphatic heterocycles. The van der Waals surface area contributed by atoms with Crippen molar-refractivity contribution in [1.29, 1.82) is 0 Å². The van der Waals surface area contributed by atoms with Crippen LogP contribution in [0.2, 0.25) is 0 Å². The van der Waals surface area contributed by atoms with Crippen molar-refractivity contribution < 1.29 is 29.0 Å². The summed E-state index contributed by atoms with van der Waals surface area (Å²) in [6.07, 6.45) is 4.86. The number of aliphatic hydroxyl groups is 1. The molecule has 3 aliphatic rings. The van der Waals surface area contributed by atoms with E-state index in [-0.39, 0.29) is 36.8 Å². The zero-order valence-corrected chi connectivity index (χ0v) is 27.4. The smallest absolute Gasteiger partial charge is 0.253 e. The van der Waals surface area contributed by atoms with E-state index in [1.165, 1.54) is 0 Å². The highest BCUT2D eigenvalue weighted by Crippen LogP contribution is 2.66. The minimum atomic E-state index is -1.26. The molecule has 3 unspecified atom stereocenters. The van der Waals surface area contributed by atoms with Crippen LogP contribution < -0.4 is 9.64 Å². The normalized spacial score (nSPS) is 28.5. The van der Waals surface area contributed by atoms with Crippen molar-refractivity contribution in [3.63, 3.8) is 0 Å². The quantitative estimate of drug-likeness (QED) is 0.314. The van der Waals surface area contributed by atoms with Gasteiger partial charge in [0.2, 0.25) is 11.8 Å². The fourth-order valence-corrected chi connectivity index (χ4v) is 8.14. The van der Waals surface area contributed by atoms with Crippen LogP contribution in [0.4, 0.5) is 5.69 Å². The average molecular weight is 630 g/mol. The van der Waals surface area contributed by atoms with Gasteiger partial charge in [-0.25, -0.2) is 0 Å². The van der Waals surface area contributed by atoms with Gasteiger partial charge in [0, 0.05) is 25.3 Å². The van der Waals surface area contributed by atoms with E-state index in [1.54, 1.807) is 58.2 Å². The van der Waals surface area contributed by atoms with E-state index in [0.717, 1.165) is 12.0 Å². The molecule has 9 heteroatoms. The van der Waals surface area contributed by atoms with Gasteiger partial charge in [-0.2, -0.15) is 0 Å². The Balaban J connectivity index is 1.65. The Bertz CT molecular complexity index is 1450. The summed E-state index contributed by atoms with van der Waals surface area (Å²) in [7, 11) is 1.58. The number of nitrogens with zero attached hydrogens (tertiary/aromatic N) is 3. The van der Waals surface area contributed by atoms with E-state index in [9.17, 15) is 14.7 Å². The first-order valence-corrected chi connectivity index (χ1v) is 16.2. The van der Waals surface area contributed by atoms with Crippen molar-refractivity contribution in [2.24, 2.45) is 17.8 Å². The van der Waals surface area contributed by atoms with Gasteiger partial charge < -0.3 is 29.3 Å². The van der Waals surface area contributed by atoms with Crippen LogP contribution >= 0.6 is 0 Å². The lowest BCUT2D eigenvalue weighted by Crippen LogP contribution is -2.59. The average Bonchev–Trinajstić information content (AvgIpc) is 3.58. The van der Waals surface area contributed by atoms with Crippen molar-refractivity contribution in [2.45, 2.75) is 63.3 Å². The Morgan fingerprint density at radius 2 is 1.78 bits per heavy atom. The second-order valence-electron chi connectivity index (χ2n) is 13.0. The lowest BCUT2D eigenvalue weighted by molar-refractivity contribution is -0.153.